The lowest BCUT2D eigenvalue weighted by Gasteiger charge is -2.28. The van der Waals surface area contributed by atoms with E-state index in [4.69, 9.17) is 25.4 Å². The third kappa shape index (κ3) is 11.0. The normalized spacial score (nSPS) is 13.6. The van der Waals surface area contributed by atoms with Crippen LogP contribution in [0.15, 0.2) is 30.5 Å². The van der Waals surface area contributed by atoms with Crippen LogP contribution in [0, 0.1) is 19.3 Å². The van der Waals surface area contributed by atoms with Crippen molar-refractivity contribution in [2.75, 3.05) is 40.4 Å². The predicted octanol–water partition coefficient (Wildman–Crippen LogP) is 6.94. The minimum Gasteiger partial charge on any atom is -0.465 e. The van der Waals surface area contributed by atoms with Gasteiger partial charge in [-0.2, -0.15) is 0 Å². The maximum atomic E-state index is 12.0. The zero-order valence-electron chi connectivity index (χ0n) is 29.1. The lowest BCUT2D eigenvalue weighted by atomic mass is 9.77. The first kappa shape index (κ1) is 41.6. The number of H-pyrrole nitrogens is 1. The number of hydrogen-bond acceptors (Lipinski definition) is 9. The molecule has 4 N–H and O–H groups in total. The van der Waals surface area contributed by atoms with Gasteiger partial charge in [-0.05, 0) is 85.8 Å². The Balaban J connectivity index is 0.000000286. The van der Waals surface area contributed by atoms with Crippen LogP contribution in [0.1, 0.15) is 105 Å². The maximum Gasteiger partial charge on any atom is 0.338 e. The fourth-order valence-corrected chi connectivity index (χ4v) is 5.76. The van der Waals surface area contributed by atoms with Crippen LogP contribution in [0.4, 0.5) is 0 Å². The molecule has 0 aliphatic heterocycles. The van der Waals surface area contributed by atoms with E-state index >= 15 is 0 Å². The molecule has 11 nitrogen and oxygen atoms in total. The SMILES string of the molecule is COC(=O)c1cc(C(=N)N)c(C2CCC2)cc1C.COCC(=O)CBr.COCc1cnc(-c2cc(C(=O)OC)c(C)cc2C2CCC2)[nH]1.Cl. The molecule has 1 heterocycles. The highest BCUT2D eigenvalue weighted by Gasteiger charge is 2.27. The number of ether oxygens (including phenoxy) is 4. The number of carbonyl (C=O) groups is 3. The fraction of sp³-hybridized carbons (Fsp3) is 0.472. The summed E-state index contributed by atoms with van der Waals surface area (Å²) in [6, 6.07) is 7.69. The molecule has 0 spiro atoms. The number of halogens is 2. The van der Waals surface area contributed by atoms with Crippen LogP contribution in [0.5, 0.6) is 0 Å². The van der Waals surface area contributed by atoms with Crippen LogP contribution in [-0.4, -0.2) is 73.9 Å². The zero-order valence-corrected chi connectivity index (χ0v) is 31.5. The number of hydrogen-bond donors (Lipinski definition) is 3. The van der Waals surface area contributed by atoms with Crippen LogP contribution in [-0.2, 0) is 30.3 Å². The smallest absolute Gasteiger partial charge is 0.338 e. The second-order valence-corrected chi connectivity index (χ2v) is 12.5. The Morgan fingerprint density at radius 3 is 1.82 bits per heavy atom. The Bertz CT molecular complexity index is 1600. The van der Waals surface area contributed by atoms with E-state index in [1.54, 1.807) is 19.4 Å². The van der Waals surface area contributed by atoms with Crippen LogP contribution >= 0.6 is 28.3 Å². The molecule has 2 saturated carbocycles. The van der Waals surface area contributed by atoms with Gasteiger partial charge in [0.25, 0.3) is 0 Å². The number of imidazole rings is 1. The lowest BCUT2D eigenvalue weighted by Crippen LogP contribution is -2.20. The number of aromatic nitrogens is 2. The highest BCUT2D eigenvalue weighted by molar-refractivity contribution is 9.09. The molecular weight excluding hydrogens is 716 g/mol. The van der Waals surface area contributed by atoms with E-state index in [0.29, 0.717) is 40.5 Å². The van der Waals surface area contributed by atoms with Crippen LogP contribution < -0.4 is 5.73 Å². The molecule has 1 aromatic heterocycles. The van der Waals surface area contributed by atoms with Gasteiger partial charge in [0.2, 0.25) is 0 Å². The summed E-state index contributed by atoms with van der Waals surface area (Å²) in [7, 11) is 5.92. The number of nitrogens with one attached hydrogen (secondary N) is 2. The number of methoxy groups -OCH3 is 4. The number of ketones is 1. The average Bonchev–Trinajstić information content (AvgIpc) is 3.48. The summed E-state index contributed by atoms with van der Waals surface area (Å²) in [4.78, 5) is 41.7. The zero-order chi connectivity index (χ0) is 35.4. The summed E-state index contributed by atoms with van der Waals surface area (Å²) in [5, 5.41) is 8.05. The Labute approximate surface area is 303 Å². The van der Waals surface area contributed by atoms with Crippen molar-refractivity contribution in [3.8, 4) is 11.4 Å². The second-order valence-electron chi connectivity index (χ2n) is 12.0. The van der Waals surface area contributed by atoms with Gasteiger partial charge in [-0.15, -0.1) is 12.4 Å². The summed E-state index contributed by atoms with van der Waals surface area (Å²) in [6.07, 6.45) is 8.91. The van der Waals surface area contributed by atoms with E-state index in [0.717, 1.165) is 46.6 Å². The second kappa shape index (κ2) is 20.2. The van der Waals surface area contributed by atoms with E-state index in [2.05, 4.69) is 36.7 Å². The minimum atomic E-state index is -0.379. The molecule has 0 atom stereocenters. The highest BCUT2D eigenvalue weighted by atomic mass is 79.9. The molecule has 0 amide bonds. The van der Waals surface area contributed by atoms with Crippen molar-refractivity contribution in [2.24, 2.45) is 5.73 Å². The summed E-state index contributed by atoms with van der Waals surface area (Å²) < 4.78 is 19.3. The number of benzene rings is 2. The Morgan fingerprint density at radius 2 is 1.39 bits per heavy atom. The maximum absolute atomic E-state index is 12.0. The van der Waals surface area contributed by atoms with Gasteiger partial charge in [-0.1, -0.05) is 40.9 Å². The molecule has 2 fully saturated rings. The lowest BCUT2D eigenvalue weighted by molar-refractivity contribution is -0.120. The molecular formula is C36H48BrClN4O7. The molecule has 0 saturated heterocycles. The van der Waals surface area contributed by atoms with Gasteiger partial charge < -0.3 is 29.7 Å². The first-order valence-corrected chi connectivity index (χ1v) is 17.0. The summed E-state index contributed by atoms with van der Waals surface area (Å²) in [5.74, 6) is 1.21. The number of Topliss-reactive ketones (excluding diaryl/α,β-unsaturated/α-hetero) is 1. The summed E-state index contributed by atoms with van der Waals surface area (Å²) in [6.45, 7) is 4.54. The number of nitrogens with two attached hydrogens (primary N) is 1. The van der Waals surface area contributed by atoms with E-state index in [1.165, 1.54) is 52.6 Å². The van der Waals surface area contributed by atoms with Crippen molar-refractivity contribution >= 4 is 51.9 Å². The number of alkyl halides is 1. The third-order valence-corrected chi connectivity index (χ3v) is 9.25. The molecule has 13 heteroatoms. The molecule has 3 aromatic rings. The van der Waals surface area contributed by atoms with Gasteiger partial charge in [-0.3, -0.25) is 10.2 Å². The van der Waals surface area contributed by atoms with E-state index < -0.39 is 0 Å². The Hall–Kier alpha value is -3.58. The molecule has 2 aliphatic rings. The number of aryl methyl sites for hydroxylation is 2. The van der Waals surface area contributed by atoms with E-state index in [9.17, 15) is 14.4 Å². The van der Waals surface area contributed by atoms with E-state index in [-0.39, 0.29) is 42.6 Å². The van der Waals surface area contributed by atoms with Crippen molar-refractivity contribution < 1.29 is 33.3 Å². The van der Waals surface area contributed by atoms with Gasteiger partial charge in [0, 0.05) is 25.3 Å². The standard InChI is InChI=1S/C18H22N2O3.C14H18N2O2.C4H7BrO2.ClH/c1-11-7-15(12-5-4-6-12)16(8-14(11)18(21)23-3)17-19-9-13(20-17)10-22-2;1-8-6-11(9-4-3-5-9)12(13(15)16)7-10(8)14(17)18-2;1-7-3-4(6)2-5;/h7-9,12H,4-6,10H2,1-3H3,(H,19,20);6-7,9H,3-5H2,1-2H3,(H3,15,16);2-3H2,1H3;1H. The van der Waals surface area contributed by atoms with Crippen LogP contribution in [0.2, 0.25) is 0 Å². The monoisotopic (exact) mass is 762 g/mol. The quantitative estimate of drug-likeness (QED) is 0.0812. The van der Waals surface area contributed by atoms with Crippen molar-refractivity contribution in [1.82, 2.24) is 9.97 Å². The fourth-order valence-electron chi connectivity index (χ4n) is 5.60. The largest absolute Gasteiger partial charge is 0.465 e. The van der Waals surface area contributed by atoms with Gasteiger partial charge in [0.1, 0.15) is 18.3 Å². The molecule has 0 bridgehead atoms. The van der Waals surface area contributed by atoms with Crippen molar-refractivity contribution in [2.45, 2.75) is 70.8 Å². The predicted molar refractivity (Wildman–Crippen MR) is 195 cm³/mol. The van der Waals surface area contributed by atoms with E-state index in [1.807, 2.05) is 26.0 Å². The number of carbonyl (C=O) groups excluding carboxylic acids is 3. The minimum absolute atomic E-state index is 0. The average molecular weight is 764 g/mol. The number of amidine groups is 1. The number of rotatable bonds is 11. The number of nitrogens with zero attached hydrogens (tertiary/aromatic N) is 1. The number of nitrogen functional groups attached to an aromatic ring is 1. The molecule has 0 radical (unpaired) electrons. The molecule has 49 heavy (non-hydrogen) atoms. The molecule has 5 rings (SSSR count). The van der Waals surface area contributed by atoms with Gasteiger partial charge in [0.05, 0.1) is 49.2 Å². The van der Waals surface area contributed by atoms with Crippen molar-refractivity contribution in [3.63, 3.8) is 0 Å². The molecule has 268 valence electrons. The number of aromatic amines is 1. The molecule has 2 aliphatic carbocycles. The first-order valence-electron chi connectivity index (χ1n) is 15.9. The first-order chi connectivity index (χ1) is 23.0. The topological polar surface area (TPSA) is 167 Å². The van der Waals surface area contributed by atoms with Gasteiger partial charge in [-0.25, -0.2) is 14.6 Å². The Morgan fingerprint density at radius 1 is 0.857 bits per heavy atom. The van der Waals surface area contributed by atoms with Crippen LogP contribution in [0.25, 0.3) is 11.4 Å². The molecule has 0 unspecified atom stereocenters. The summed E-state index contributed by atoms with van der Waals surface area (Å²) >= 11 is 2.99. The van der Waals surface area contributed by atoms with Gasteiger partial charge in [0.15, 0.2) is 5.78 Å². The van der Waals surface area contributed by atoms with Crippen molar-refractivity contribution in [1.29, 1.82) is 5.41 Å². The summed E-state index contributed by atoms with van der Waals surface area (Å²) in [5.41, 5.74) is 13.5. The van der Waals surface area contributed by atoms with Gasteiger partial charge >= 0.3 is 11.9 Å². The highest BCUT2D eigenvalue weighted by Crippen LogP contribution is 2.42. The van der Waals surface area contributed by atoms with Crippen molar-refractivity contribution in [3.05, 3.63) is 75.1 Å². The Kier molecular flexibility index (Phi) is 17.1. The van der Waals surface area contributed by atoms with Crippen LogP contribution in [0.3, 0.4) is 0 Å². The molecule has 2 aromatic carbocycles. The third-order valence-electron chi connectivity index (χ3n) is 8.62. The number of esters is 2.